The van der Waals surface area contributed by atoms with Gasteiger partial charge < -0.3 is 14.5 Å². The van der Waals surface area contributed by atoms with E-state index in [1.54, 1.807) is 36.4 Å². The molecule has 1 N–H and O–H groups in total. The highest BCUT2D eigenvalue weighted by Gasteiger charge is 2.45. The summed E-state index contributed by atoms with van der Waals surface area (Å²) in [5.74, 6) is -1.14. The van der Waals surface area contributed by atoms with E-state index in [1.165, 1.54) is 11.3 Å². The Hall–Kier alpha value is -3.34. The third kappa shape index (κ3) is 4.88. The fourth-order valence-electron chi connectivity index (χ4n) is 3.19. The average molecular weight is 451 g/mol. The summed E-state index contributed by atoms with van der Waals surface area (Å²) in [6, 6.07) is 12.3. The monoisotopic (exact) mass is 451 g/mol. The highest BCUT2D eigenvalue weighted by atomic mass is 32.1. The van der Waals surface area contributed by atoms with Gasteiger partial charge in [0.05, 0.1) is 17.1 Å². The summed E-state index contributed by atoms with van der Waals surface area (Å²) < 4.78 is 44.3. The summed E-state index contributed by atoms with van der Waals surface area (Å²) >= 11 is 1.22. The standard InChI is InChI=1S/C20H16F3N3O4S/c21-20(22,23)17-15(18(27)30-25-17)10-14-6-7-16(31-14)26-9-8-13(11-26)29-19(28)24-12-4-2-1-3-5-12/h1-7,10,13H,8-9,11H2,(H,24,28)/b15-10-. The fourth-order valence-corrected chi connectivity index (χ4v) is 4.18. The second-order valence-electron chi connectivity index (χ2n) is 6.80. The number of ether oxygens (including phenoxy) is 1. The predicted octanol–water partition coefficient (Wildman–Crippen LogP) is 4.43. The van der Waals surface area contributed by atoms with Crippen molar-refractivity contribution >= 4 is 45.9 Å². The number of hydrogen-bond acceptors (Lipinski definition) is 7. The van der Waals surface area contributed by atoms with E-state index in [0.29, 0.717) is 30.1 Å². The molecule has 0 saturated carbocycles. The number of alkyl halides is 3. The number of amides is 1. The molecule has 1 aromatic carbocycles. The van der Waals surface area contributed by atoms with Crippen LogP contribution in [-0.2, 0) is 14.4 Å². The number of carbonyl (C=O) groups excluding carboxylic acids is 2. The molecule has 7 nitrogen and oxygen atoms in total. The molecule has 0 spiro atoms. The van der Waals surface area contributed by atoms with Gasteiger partial charge in [0, 0.05) is 23.5 Å². The van der Waals surface area contributed by atoms with Gasteiger partial charge in [-0.25, -0.2) is 9.59 Å². The maximum absolute atomic E-state index is 13.0. The minimum Gasteiger partial charge on any atom is -0.444 e. The SMILES string of the molecule is O=C(Nc1ccccc1)OC1CCN(c2ccc(/C=C3\C(=O)ON=C3C(F)(F)F)s2)C1. The molecule has 1 saturated heterocycles. The molecule has 4 rings (SSSR count). The first-order valence-corrected chi connectivity index (χ1v) is 10.1. The number of benzene rings is 1. The number of nitrogens with one attached hydrogen (secondary N) is 1. The molecule has 0 bridgehead atoms. The molecule has 2 aromatic rings. The molecule has 31 heavy (non-hydrogen) atoms. The van der Waals surface area contributed by atoms with Gasteiger partial charge in [-0.1, -0.05) is 23.4 Å². The van der Waals surface area contributed by atoms with Crippen molar-refractivity contribution in [2.45, 2.75) is 18.7 Å². The zero-order chi connectivity index (χ0) is 22.0. The van der Waals surface area contributed by atoms with Crippen LogP contribution in [0.2, 0.25) is 0 Å². The van der Waals surface area contributed by atoms with Crippen molar-refractivity contribution in [1.29, 1.82) is 0 Å². The average Bonchev–Trinajstić information content (AvgIpc) is 3.43. The molecule has 11 heteroatoms. The lowest BCUT2D eigenvalue weighted by molar-refractivity contribution is -0.136. The predicted molar refractivity (Wildman–Crippen MR) is 109 cm³/mol. The first-order valence-electron chi connectivity index (χ1n) is 9.25. The second-order valence-corrected chi connectivity index (χ2v) is 7.90. The van der Waals surface area contributed by atoms with E-state index in [0.717, 1.165) is 11.1 Å². The number of thiophene rings is 1. The van der Waals surface area contributed by atoms with Gasteiger partial charge >= 0.3 is 18.2 Å². The summed E-state index contributed by atoms with van der Waals surface area (Å²) in [4.78, 5) is 30.3. The van der Waals surface area contributed by atoms with Gasteiger partial charge in [0.25, 0.3) is 0 Å². The van der Waals surface area contributed by atoms with Gasteiger partial charge in [-0.3, -0.25) is 5.32 Å². The Morgan fingerprint density at radius 3 is 2.77 bits per heavy atom. The van der Waals surface area contributed by atoms with Crippen molar-refractivity contribution in [2.75, 3.05) is 23.3 Å². The van der Waals surface area contributed by atoms with E-state index in [4.69, 9.17) is 4.74 Å². The molecule has 1 aromatic heterocycles. The highest BCUT2D eigenvalue weighted by Crippen LogP contribution is 2.33. The molecule has 1 unspecified atom stereocenters. The van der Waals surface area contributed by atoms with Crippen molar-refractivity contribution in [3.05, 3.63) is 52.9 Å². The zero-order valence-corrected chi connectivity index (χ0v) is 16.7. The van der Waals surface area contributed by atoms with Crippen LogP contribution in [0.25, 0.3) is 6.08 Å². The van der Waals surface area contributed by atoms with Crippen LogP contribution in [0.5, 0.6) is 0 Å². The number of para-hydroxylation sites is 1. The van der Waals surface area contributed by atoms with Crippen LogP contribution in [0.3, 0.4) is 0 Å². The summed E-state index contributed by atoms with van der Waals surface area (Å²) in [5.41, 5.74) is -1.34. The van der Waals surface area contributed by atoms with Crippen molar-refractivity contribution in [3.8, 4) is 0 Å². The summed E-state index contributed by atoms with van der Waals surface area (Å²) in [6.07, 6.45) is -3.91. The topological polar surface area (TPSA) is 80.2 Å². The Bertz CT molecular complexity index is 1050. The van der Waals surface area contributed by atoms with Gasteiger partial charge in [-0.05, 0) is 30.3 Å². The maximum Gasteiger partial charge on any atom is 0.437 e. The molecule has 2 aliphatic heterocycles. The van der Waals surface area contributed by atoms with Crippen LogP contribution < -0.4 is 10.2 Å². The van der Waals surface area contributed by atoms with Crippen molar-refractivity contribution in [1.82, 2.24) is 0 Å². The molecule has 3 heterocycles. The number of carbonyl (C=O) groups is 2. The highest BCUT2D eigenvalue weighted by molar-refractivity contribution is 7.17. The third-order valence-corrected chi connectivity index (χ3v) is 5.71. The Morgan fingerprint density at radius 2 is 2.03 bits per heavy atom. The molecule has 1 amide bonds. The van der Waals surface area contributed by atoms with Crippen LogP contribution in [0, 0.1) is 0 Å². The lowest BCUT2D eigenvalue weighted by Gasteiger charge is -2.16. The first-order chi connectivity index (χ1) is 14.8. The number of oxime groups is 1. The third-order valence-electron chi connectivity index (χ3n) is 4.61. The smallest absolute Gasteiger partial charge is 0.437 e. The Kier molecular flexibility index (Phi) is 5.68. The second kappa shape index (κ2) is 8.42. The number of halogens is 3. The van der Waals surface area contributed by atoms with E-state index in [-0.39, 0.29) is 6.10 Å². The van der Waals surface area contributed by atoms with Crippen molar-refractivity contribution in [3.63, 3.8) is 0 Å². The van der Waals surface area contributed by atoms with Gasteiger partial charge in [-0.2, -0.15) is 13.2 Å². The Labute approximate surface area is 178 Å². The molecule has 0 aliphatic carbocycles. The van der Waals surface area contributed by atoms with E-state index in [2.05, 4.69) is 15.3 Å². The maximum atomic E-state index is 13.0. The molecule has 1 fully saturated rings. The van der Waals surface area contributed by atoms with E-state index in [9.17, 15) is 22.8 Å². The molecule has 1 atom stereocenters. The Balaban J connectivity index is 1.37. The van der Waals surface area contributed by atoms with Crippen molar-refractivity contribution < 1.29 is 32.3 Å². The van der Waals surface area contributed by atoms with Gasteiger partial charge in [0.15, 0.2) is 5.71 Å². The lowest BCUT2D eigenvalue weighted by Crippen LogP contribution is -2.26. The summed E-state index contributed by atoms with van der Waals surface area (Å²) in [7, 11) is 0. The Morgan fingerprint density at radius 1 is 1.26 bits per heavy atom. The van der Waals surface area contributed by atoms with Gasteiger partial charge in [0.1, 0.15) is 6.10 Å². The quantitative estimate of drug-likeness (QED) is 0.549. The van der Waals surface area contributed by atoms with E-state index in [1.807, 2.05) is 11.0 Å². The van der Waals surface area contributed by atoms with Crippen LogP contribution in [0.4, 0.5) is 28.7 Å². The summed E-state index contributed by atoms with van der Waals surface area (Å²) in [6.45, 7) is 1.08. The van der Waals surface area contributed by atoms with E-state index >= 15 is 0 Å². The molecular weight excluding hydrogens is 435 g/mol. The number of anilines is 2. The fraction of sp³-hybridized carbons (Fsp3) is 0.250. The largest absolute Gasteiger partial charge is 0.444 e. The normalized spacial score (nSPS) is 20.0. The minimum absolute atomic E-state index is 0.318. The minimum atomic E-state index is -4.78. The lowest BCUT2D eigenvalue weighted by atomic mass is 10.1. The van der Waals surface area contributed by atoms with Crippen LogP contribution >= 0.6 is 11.3 Å². The van der Waals surface area contributed by atoms with Gasteiger partial charge in [-0.15, -0.1) is 11.3 Å². The van der Waals surface area contributed by atoms with Crippen LogP contribution in [0.15, 0.2) is 53.2 Å². The van der Waals surface area contributed by atoms with Crippen LogP contribution in [0.1, 0.15) is 11.3 Å². The molecular formula is C20H16F3N3O4S. The number of nitrogens with zero attached hydrogens (tertiary/aromatic N) is 2. The van der Waals surface area contributed by atoms with E-state index < -0.39 is 29.5 Å². The van der Waals surface area contributed by atoms with Crippen LogP contribution in [-0.4, -0.2) is 43.1 Å². The van der Waals surface area contributed by atoms with Crippen molar-refractivity contribution in [2.24, 2.45) is 5.16 Å². The summed E-state index contributed by atoms with van der Waals surface area (Å²) in [5, 5.41) is 6.28. The molecule has 0 radical (unpaired) electrons. The zero-order valence-electron chi connectivity index (χ0n) is 15.9. The van der Waals surface area contributed by atoms with Gasteiger partial charge in [0.2, 0.25) is 0 Å². The molecule has 2 aliphatic rings. The number of hydrogen-bond donors (Lipinski definition) is 1. The number of rotatable bonds is 4. The molecule has 162 valence electrons. The first kappa shape index (κ1) is 20.9.